The van der Waals surface area contributed by atoms with E-state index in [9.17, 15) is 9.59 Å². The second-order valence-corrected chi connectivity index (χ2v) is 10.3. The maximum absolute atomic E-state index is 13.6. The minimum Gasteiger partial charge on any atom is -0.337 e. The monoisotopic (exact) mass is 499 g/mol. The zero-order valence-corrected chi connectivity index (χ0v) is 21.7. The van der Waals surface area contributed by atoms with E-state index in [4.69, 9.17) is 0 Å². The van der Waals surface area contributed by atoms with Crippen LogP contribution in [0.25, 0.3) is 0 Å². The van der Waals surface area contributed by atoms with Gasteiger partial charge in [-0.25, -0.2) is 0 Å². The van der Waals surface area contributed by atoms with Crippen molar-refractivity contribution in [3.8, 4) is 0 Å². The number of hydrogen-bond acceptors (Lipinski definition) is 4. The van der Waals surface area contributed by atoms with Crippen LogP contribution < -0.4 is 4.90 Å². The lowest BCUT2D eigenvalue weighted by atomic mass is 10.1. The molecule has 2 atom stereocenters. The highest BCUT2D eigenvalue weighted by molar-refractivity contribution is 5.92. The molecule has 7 nitrogen and oxygen atoms in total. The first kappa shape index (κ1) is 25.2. The van der Waals surface area contributed by atoms with Gasteiger partial charge in [-0.3, -0.25) is 19.2 Å². The Morgan fingerprint density at radius 2 is 1.73 bits per heavy atom. The number of aromatic nitrogens is 2. The molecule has 1 aromatic heterocycles. The fourth-order valence-electron chi connectivity index (χ4n) is 5.90. The molecule has 7 heteroatoms. The van der Waals surface area contributed by atoms with Crippen LogP contribution in [-0.4, -0.2) is 56.6 Å². The number of hydrogen-bond donors (Lipinski definition) is 0. The number of amides is 2. The number of rotatable bonds is 6. The van der Waals surface area contributed by atoms with E-state index in [1.165, 1.54) is 5.56 Å². The van der Waals surface area contributed by atoms with Crippen molar-refractivity contribution in [1.82, 2.24) is 19.6 Å². The molecule has 0 spiro atoms. The van der Waals surface area contributed by atoms with Gasteiger partial charge in [-0.15, -0.1) is 0 Å². The lowest BCUT2D eigenvalue weighted by Crippen LogP contribution is -2.45. The molecule has 194 valence electrons. The summed E-state index contributed by atoms with van der Waals surface area (Å²) >= 11 is 0. The van der Waals surface area contributed by atoms with Crippen molar-refractivity contribution in [3.05, 3.63) is 84.2 Å². The van der Waals surface area contributed by atoms with E-state index in [2.05, 4.69) is 46.4 Å². The Kier molecular flexibility index (Phi) is 7.99. The molecule has 1 fully saturated rings. The Morgan fingerprint density at radius 1 is 0.946 bits per heavy atom. The molecule has 2 aliphatic heterocycles. The molecule has 0 N–H and O–H groups in total. The van der Waals surface area contributed by atoms with Gasteiger partial charge in [0.15, 0.2) is 0 Å². The molecule has 0 saturated carbocycles. The number of aryl methyl sites for hydroxylation is 1. The average Bonchev–Trinajstić information content (AvgIpc) is 3.54. The molecule has 2 aliphatic rings. The van der Waals surface area contributed by atoms with E-state index >= 15 is 0 Å². The Morgan fingerprint density at radius 3 is 2.51 bits per heavy atom. The lowest BCUT2D eigenvalue weighted by Gasteiger charge is -2.34. The van der Waals surface area contributed by atoms with Crippen molar-refractivity contribution in [2.24, 2.45) is 0 Å². The SMILES string of the molecule is CC(=O)N1CC[C@@H]2CC[C@H](CN(C(=O)CCCn3cccn3)Cc3ccccc31)N2Cc1ccccc1. The Bertz CT molecular complexity index is 1180. The van der Waals surface area contributed by atoms with Gasteiger partial charge in [0.05, 0.1) is 0 Å². The predicted molar refractivity (Wildman–Crippen MR) is 145 cm³/mol. The summed E-state index contributed by atoms with van der Waals surface area (Å²) in [5.41, 5.74) is 3.25. The molecule has 0 radical (unpaired) electrons. The van der Waals surface area contributed by atoms with Crippen LogP contribution >= 0.6 is 0 Å². The summed E-state index contributed by atoms with van der Waals surface area (Å²) < 4.78 is 1.88. The minimum atomic E-state index is 0.0490. The normalized spacial score (nSPS) is 20.4. The predicted octanol–water partition coefficient (Wildman–Crippen LogP) is 4.48. The maximum Gasteiger partial charge on any atom is 0.223 e. The fraction of sp³-hybridized carbons (Fsp3) is 0.433. The van der Waals surface area contributed by atoms with Gasteiger partial charge in [0, 0.05) is 76.2 Å². The molecule has 37 heavy (non-hydrogen) atoms. The highest BCUT2D eigenvalue weighted by Gasteiger charge is 2.36. The molecule has 5 rings (SSSR count). The summed E-state index contributed by atoms with van der Waals surface area (Å²) in [6.45, 7) is 5.15. The molecule has 3 heterocycles. The molecule has 0 aliphatic carbocycles. The van der Waals surface area contributed by atoms with Gasteiger partial charge in [0.2, 0.25) is 11.8 Å². The van der Waals surface area contributed by atoms with Crippen LogP contribution in [0.1, 0.15) is 50.2 Å². The van der Waals surface area contributed by atoms with Crippen LogP contribution in [0, 0.1) is 0 Å². The van der Waals surface area contributed by atoms with Gasteiger partial charge >= 0.3 is 0 Å². The third-order valence-electron chi connectivity index (χ3n) is 7.81. The molecule has 1 saturated heterocycles. The zero-order valence-electron chi connectivity index (χ0n) is 21.7. The average molecular weight is 500 g/mol. The highest BCUT2D eigenvalue weighted by atomic mass is 16.2. The summed E-state index contributed by atoms with van der Waals surface area (Å²) in [6, 6.07) is 21.3. The largest absolute Gasteiger partial charge is 0.337 e. The minimum absolute atomic E-state index is 0.0490. The molecule has 0 unspecified atom stereocenters. The van der Waals surface area contributed by atoms with Crippen molar-refractivity contribution in [3.63, 3.8) is 0 Å². The summed E-state index contributed by atoms with van der Waals surface area (Å²) in [5, 5.41) is 4.27. The molecular weight excluding hydrogens is 462 g/mol. The zero-order chi connectivity index (χ0) is 25.6. The van der Waals surface area contributed by atoms with Crippen molar-refractivity contribution in [2.45, 2.75) is 70.7 Å². The number of benzene rings is 2. The van der Waals surface area contributed by atoms with E-state index in [1.807, 2.05) is 44.9 Å². The molecular formula is C30H37N5O2. The van der Waals surface area contributed by atoms with E-state index in [0.717, 1.165) is 50.0 Å². The van der Waals surface area contributed by atoms with Crippen molar-refractivity contribution in [1.29, 1.82) is 0 Å². The second kappa shape index (κ2) is 11.7. The first-order valence-corrected chi connectivity index (χ1v) is 13.5. The lowest BCUT2D eigenvalue weighted by molar-refractivity contribution is -0.132. The van der Waals surface area contributed by atoms with Crippen LogP contribution in [0.3, 0.4) is 0 Å². The van der Waals surface area contributed by atoms with Crippen LogP contribution in [0.15, 0.2) is 73.1 Å². The topological polar surface area (TPSA) is 61.7 Å². The van der Waals surface area contributed by atoms with Crippen LogP contribution in [0.2, 0.25) is 0 Å². The molecule has 2 amide bonds. The Labute approximate surface area is 219 Å². The van der Waals surface area contributed by atoms with E-state index in [0.29, 0.717) is 38.1 Å². The van der Waals surface area contributed by atoms with Gasteiger partial charge in [0.25, 0.3) is 0 Å². The van der Waals surface area contributed by atoms with E-state index in [-0.39, 0.29) is 11.8 Å². The Balaban J connectivity index is 1.42. The third kappa shape index (κ3) is 6.10. The summed E-state index contributed by atoms with van der Waals surface area (Å²) in [5.74, 6) is 0.214. The number of carbonyl (C=O) groups is 2. The van der Waals surface area contributed by atoms with Crippen molar-refractivity contribution in [2.75, 3.05) is 18.0 Å². The van der Waals surface area contributed by atoms with Crippen molar-refractivity contribution >= 4 is 17.5 Å². The van der Waals surface area contributed by atoms with E-state index < -0.39 is 0 Å². The third-order valence-corrected chi connectivity index (χ3v) is 7.81. The molecule has 3 aromatic rings. The van der Waals surface area contributed by atoms with Crippen LogP contribution in [0.5, 0.6) is 0 Å². The molecule has 2 aromatic carbocycles. The maximum atomic E-state index is 13.6. The quantitative estimate of drug-likeness (QED) is 0.502. The Hall–Kier alpha value is -3.45. The number of anilines is 1. The van der Waals surface area contributed by atoms with Gasteiger partial charge in [-0.1, -0.05) is 48.5 Å². The van der Waals surface area contributed by atoms with Gasteiger partial charge in [-0.2, -0.15) is 5.10 Å². The summed E-state index contributed by atoms with van der Waals surface area (Å²) in [7, 11) is 0. The van der Waals surface area contributed by atoms with E-state index in [1.54, 1.807) is 13.1 Å². The number of nitrogens with zero attached hydrogens (tertiary/aromatic N) is 5. The van der Waals surface area contributed by atoms with Gasteiger partial charge in [0.1, 0.15) is 0 Å². The summed E-state index contributed by atoms with van der Waals surface area (Å²) in [6.07, 6.45) is 8.01. The number of para-hydroxylation sites is 1. The standard InChI is InChI=1S/C30H37N5O2/c1-24(36)34-20-16-27-14-15-28(35(27)21-25-9-3-2-4-10-25)23-32(22-26-11-5-6-12-29(26)34)30(37)13-7-18-33-19-8-17-31-33/h2-6,8-12,17,19,27-28H,7,13-16,18,20-23H2,1H3/t27-,28+/m0/s1. The van der Waals surface area contributed by atoms with Crippen molar-refractivity contribution < 1.29 is 9.59 Å². The second-order valence-electron chi connectivity index (χ2n) is 10.3. The van der Waals surface area contributed by atoms with Gasteiger partial charge < -0.3 is 9.80 Å². The fourth-order valence-corrected chi connectivity index (χ4v) is 5.90. The van der Waals surface area contributed by atoms with Crippen LogP contribution in [0.4, 0.5) is 5.69 Å². The summed E-state index contributed by atoms with van der Waals surface area (Å²) in [4.78, 5) is 33.0. The number of fused-ring (bicyclic) bond motifs is 3. The van der Waals surface area contributed by atoms with Crippen LogP contribution in [-0.2, 0) is 29.2 Å². The number of carbonyl (C=O) groups excluding carboxylic acids is 2. The first-order valence-electron chi connectivity index (χ1n) is 13.5. The smallest absolute Gasteiger partial charge is 0.223 e. The molecule has 2 bridgehead atoms. The first-order chi connectivity index (χ1) is 18.1. The highest BCUT2D eigenvalue weighted by Crippen LogP contribution is 2.32. The van der Waals surface area contributed by atoms with Gasteiger partial charge in [-0.05, 0) is 48.9 Å².